The first kappa shape index (κ1) is 14.4. The molecule has 0 spiro atoms. The Morgan fingerprint density at radius 2 is 1.60 bits per heavy atom. The fourth-order valence-electron chi connectivity index (χ4n) is 2.55. The lowest BCUT2D eigenvalue weighted by atomic mass is 9.93. The third-order valence-electron chi connectivity index (χ3n) is 3.32. The number of Topliss-reactive ketones (excluding diaryl/α,β-unsaturated/α-hetero) is 1. The van der Waals surface area contributed by atoms with Gasteiger partial charge in [-0.15, -0.1) is 0 Å². The van der Waals surface area contributed by atoms with Gasteiger partial charge in [-0.25, -0.2) is 8.78 Å². The van der Waals surface area contributed by atoms with E-state index in [1.54, 1.807) is 0 Å². The fourth-order valence-corrected chi connectivity index (χ4v) is 2.55. The van der Waals surface area contributed by atoms with Crippen molar-refractivity contribution < 1.29 is 13.6 Å². The molecule has 0 bridgehead atoms. The first-order chi connectivity index (χ1) is 9.38. The van der Waals surface area contributed by atoms with Crippen LogP contribution in [-0.2, 0) is 6.42 Å². The molecule has 0 saturated heterocycles. The van der Waals surface area contributed by atoms with Gasteiger partial charge < -0.3 is 0 Å². The molecule has 0 aromatic heterocycles. The molecule has 0 aliphatic heterocycles. The number of ketones is 1. The van der Waals surface area contributed by atoms with Crippen LogP contribution in [-0.4, -0.2) is 5.78 Å². The molecule has 0 N–H and O–H groups in total. The van der Waals surface area contributed by atoms with Gasteiger partial charge in [0.15, 0.2) is 5.78 Å². The lowest BCUT2D eigenvalue weighted by Gasteiger charge is -2.10. The van der Waals surface area contributed by atoms with Crippen molar-refractivity contribution in [2.75, 3.05) is 0 Å². The smallest absolute Gasteiger partial charge is 0.167 e. The van der Waals surface area contributed by atoms with Gasteiger partial charge in [-0.05, 0) is 43.5 Å². The van der Waals surface area contributed by atoms with Crippen molar-refractivity contribution in [1.82, 2.24) is 0 Å². The van der Waals surface area contributed by atoms with Gasteiger partial charge >= 0.3 is 0 Å². The van der Waals surface area contributed by atoms with Crippen molar-refractivity contribution in [3.8, 4) is 0 Å². The van der Waals surface area contributed by atoms with Crippen LogP contribution in [0.2, 0.25) is 0 Å². The van der Waals surface area contributed by atoms with Crippen molar-refractivity contribution >= 4 is 5.78 Å². The van der Waals surface area contributed by atoms with E-state index in [0.717, 1.165) is 22.8 Å². The summed E-state index contributed by atoms with van der Waals surface area (Å²) in [6.45, 7) is 5.70. The molecule has 104 valence electrons. The summed E-state index contributed by atoms with van der Waals surface area (Å²) in [5, 5.41) is 0. The Balaban J connectivity index is 2.33. The van der Waals surface area contributed by atoms with E-state index in [0.29, 0.717) is 5.56 Å². The zero-order chi connectivity index (χ0) is 14.9. The highest BCUT2D eigenvalue weighted by Crippen LogP contribution is 2.20. The molecular weight excluding hydrogens is 258 g/mol. The summed E-state index contributed by atoms with van der Waals surface area (Å²) in [6, 6.07) is 7.15. The first-order valence-corrected chi connectivity index (χ1v) is 6.43. The van der Waals surface area contributed by atoms with Gasteiger partial charge in [-0.3, -0.25) is 4.79 Å². The molecule has 0 aliphatic rings. The second-order valence-electron chi connectivity index (χ2n) is 5.11. The highest BCUT2D eigenvalue weighted by molar-refractivity contribution is 6.00. The first-order valence-electron chi connectivity index (χ1n) is 6.43. The Bertz CT molecular complexity index is 652. The third kappa shape index (κ3) is 2.93. The minimum atomic E-state index is -0.680. The van der Waals surface area contributed by atoms with Crippen LogP contribution in [0.25, 0.3) is 0 Å². The zero-order valence-electron chi connectivity index (χ0n) is 11.8. The predicted octanol–water partition coefficient (Wildman–Crippen LogP) is 4.32. The van der Waals surface area contributed by atoms with Crippen LogP contribution >= 0.6 is 0 Å². The van der Waals surface area contributed by atoms with Crippen molar-refractivity contribution in [1.29, 1.82) is 0 Å². The standard InChI is InChI=1S/C17H16F2O/c1-10-6-11(2)17(12(3)7-10)16(20)8-13-4-5-14(18)9-15(13)19/h4-7,9H,8H2,1-3H3. The van der Waals surface area contributed by atoms with Crippen molar-refractivity contribution in [2.24, 2.45) is 0 Å². The molecule has 20 heavy (non-hydrogen) atoms. The maximum absolute atomic E-state index is 13.6. The van der Waals surface area contributed by atoms with Crippen LogP contribution in [0, 0.1) is 32.4 Å². The van der Waals surface area contributed by atoms with Crippen LogP contribution in [0.5, 0.6) is 0 Å². The summed E-state index contributed by atoms with van der Waals surface area (Å²) in [5.74, 6) is -1.47. The van der Waals surface area contributed by atoms with Gasteiger partial charge in [-0.1, -0.05) is 23.8 Å². The van der Waals surface area contributed by atoms with E-state index in [4.69, 9.17) is 0 Å². The summed E-state index contributed by atoms with van der Waals surface area (Å²) < 4.78 is 26.5. The Hall–Kier alpha value is -2.03. The molecule has 2 rings (SSSR count). The molecule has 0 unspecified atom stereocenters. The Labute approximate surface area is 117 Å². The molecule has 2 aromatic rings. The minimum absolute atomic E-state index is 0.0587. The van der Waals surface area contributed by atoms with Crippen LogP contribution in [0.15, 0.2) is 30.3 Å². The number of carbonyl (C=O) groups excluding carboxylic acids is 1. The molecule has 0 atom stereocenters. The fraction of sp³-hybridized carbons (Fsp3) is 0.235. The number of benzene rings is 2. The lowest BCUT2D eigenvalue weighted by Crippen LogP contribution is -2.09. The third-order valence-corrected chi connectivity index (χ3v) is 3.32. The predicted molar refractivity (Wildman–Crippen MR) is 75.0 cm³/mol. The monoisotopic (exact) mass is 274 g/mol. The quantitative estimate of drug-likeness (QED) is 0.762. The Morgan fingerprint density at radius 3 is 2.15 bits per heavy atom. The van der Waals surface area contributed by atoms with Crippen molar-refractivity contribution in [3.63, 3.8) is 0 Å². The molecule has 0 saturated carbocycles. The molecule has 0 heterocycles. The van der Waals surface area contributed by atoms with Crippen LogP contribution in [0.4, 0.5) is 8.78 Å². The molecule has 1 nitrogen and oxygen atoms in total. The molecule has 2 aromatic carbocycles. The number of carbonyl (C=O) groups is 1. The van der Waals surface area contributed by atoms with Gasteiger partial charge in [-0.2, -0.15) is 0 Å². The molecule has 0 amide bonds. The summed E-state index contributed by atoms with van der Waals surface area (Å²) in [4.78, 5) is 12.3. The highest BCUT2D eigenvalue weighted by atomic mass is 19.1. The maximum atomic E-state index is 13.6. The van der Waals surface area contributed by atoms with Crippen molar-refractivity contribution in [2.45, 2.75) is 27.2 Å². The molecule has 0 fully saturated rings. The molecule has 3 heteroatoms. The van der Waals surface area contributed by atoms with E-state index < -0.39 is 11.6 Å². The Kier molecular flexibility index (Phi) is 3.98. The topological polar surface area (TPSA) is 17.1 Å². The summed E-state index contributed by atoms with van der Waals surface area (Å²) in [7, 11) is 0. The number of hydrogen-bond donors (Lipinski definition) is 0. The second kappa shape index (κ2) is 5.53. The van der Waals surface area contributed by atoms with Crippen LogP contribution < -0.4 is 0 Å². The van der Waals surface area contributed by atoms with E-state index >= 15 is 0 Å². The number of hydrogen-bond acceptors (Lipinski definition) is 1. The van der Waals surface area contributed by atoms with Gasteiger partial charge in [0, 0.05) is 18.1 Å². The van der Waals surface area contributed by atoms with E-state index in [1.165, 1.54) is 12.1 Å². The molecule has 0 radical (unpaired) electrons. The highest BCUT2D eigenvalue weighted by Gasteiger charge is 2.15. The summed E-state index contributed by atoms with van der Waals surface area (Å²) >= 11 is 0. The zero-order valence-corrected chi connectivity index (χ0v) is 11.8. The number of aryl methyl sites for hydroxylation is 3. The number of rotatable bonds is 3. The average molecular weight is 274 g/mol. The summed E-state index contributed by atoms with van der Waals surface area (Å²) in [5.41, 5.74) is 3.70. The van der Waals surface area contributed by atoms with Gasteiger partial charge in [0.05, 0.1) is 0 Å². The maximum Gasteiger partial charge on any atom is 0.167 e. The van der Waals surface area contributed by atoms with Crippen molar-refractivity contribution in [3.05, 3.63) is 69.8 Å². The molecule has 0 aliphatic carbocycles. The Morgan fingerprint density at radius 1 is 1.00 bits per heavy atom. The SMILES string of the molecule is Cc1cc(C)c(C(=O)Cc2ccc(F)cc2F)c(C)c1. The second-order valence-corrected chi connectivity index (χ2v) is 5.11. The van der Waals surface area contributed by atoms with Gasteiger partial charge in [0.1, 0.15) is 11.6 Å². The normalized spacial score (nSPS) is 10.7. The molecular formula is C17H16F2O. The minimum Gasteiger partial charge on any atom is -0.294 e. The van der Waals surface area contributed by atoms with Gasteiger partial charge in [0.2, 0.25) is 0 Å². The van der Waals surface area contributed by atoms with E-state index in [-0.39, 0.29) is 17.8 Å². The van der Waals surface area contributed by atoms with Crippen LogP contribution in [0.1, 0.15) is 32.6 Å². The summed E-state index contributed by atoms with van der Waals surface area (Å²) in [6.07, 6.45) is -0.0587. The lowest BCUT2D eigenvalue weighted by molar-refractivity contribution is 0.0990. The largest absolute Gasteiger partial charge is 0.294 e. The number of halogens is 2. The van der Waals surface area contributed by atoms with Gasteiger partial charge in [0.25, 0.3) is 0 Å². The average Bonchev–Trinajstić information content (AvgIpc) is 2.31. The van der Waals surface area contributed by atoms with E-state index in [2.05, 4.69) is 0 Å². The van der Waals surface area contributed by atoms with E-state index in [1.807, 2.05) is 32.9 Å². The van der Waals surface area contributed by atoms with E-state index in [9.17, 15) is 13.6 Å². The van der Waals surface area contributed by atoms with Crippen LogP contribution in [0.3, 0.4) is 0 Å².